The van der Waals surface area contributed by atoms with E-state index in [0.29, 0.717) is 0 Å². The van der Waals surface area contributed by atoms with Crippen LogP contribution < -0.4 is 0 Å². The highest BCUT2D eigenvalue weighted by atomic mass is 16.6. The quantitative estimate of drug-likeness (QED) is 0.542. The minimum atomic E-state index is -0.304. The molecule has 76 valence electrons. The molecule has 3 heteroatoms. The molecule has 0 saturated heterocycles. The third kappa shape index (κ3) is 2.31. The summed E-state index contributed by atoms with van der Waals surface area (Å²) in [6, 6.07) is 6.98. The molecule has 0 N–H and O–H groups in total. The van der Waals surface area contributed by atoms with Crippen molar-refractivity contribution in [2.45, 2.75) is 32.6 Å². The van der Waals surface area contributed by atoms with Crippen LogP contribution in [0.3, 0.4) is 0 Å². The summed E-state index contributed by atoms with van der Waals surface area (Å²) in [6.45, 7) is 4.12. The summed E-state index contributed by atoms with van der Waals surface area (Å²) < 4.78 is 0. The van der Waals surface area contributed by atoms with Crippen LogP contribution in [0.1, 0.15) is 38.2 Å². The number of rotatable bonds is 4. The molecule has 0 aliphatic rings. The van der Waals surface area contributed by atoms with Crippen LogP contribution in [0.4, 0.5) is 5.69 Å². The summed E-state index contributed by atoms with van der Waals surface area (Å²) in [5, 5.41) is 10.7. The zero-order valence-electron chi connectivity index (χ0n) is 8.56. The largest absolute Gasteiger partial charge is 0.272 e. The van der Waals surface area contributed by atoms with Gasteiger partial charge in [0.05, 0.1) is 4.92 Å². The summed E-state index contributed by atoms with van der Waals surface area (Å²) in [5.74, 6) is 0.265. The number of hydrogen-bond acceptors (Lipinski definition) is 2. The number of para-hydroxylation sites is 1. The summed E-state index contributed by atoms with van der Waals surface area (Å²) >= 11 is 0. The lowest BCUT2D eigenvalue weighted by atomic mass is 9.95. The molecule has 0 amide bonds. The molecule has 14 heavy (non-hydrogen) atoms. The maximum absolute atomic E-state index is 10.7. The van der Waals surface area contributed by atoms with Crippen LogP contribution in [0.25, 0.3) is 0 Å². The molecule has 3 nitrogen and oxygen atoms in total. The van der Waals surface area contributed by atoms with E-state index < -0.39 is 0 Å². The topological polar surface area (TPSA) is 43.1 Å². The third-order valence-corrected chi connectivity index (χ3v) is 2.39. The van der Waals surface area contributed by atoms with Gasteiger partial charge in [0.15, 0.2) is 0 Å². The maximum atomic E-state index is 10.7. The van der Waals surface area contributed by atoms with Gasteiger partial charge in [0.1, 0.15) is 0 Å². The average Bonchev–Trinajstić information content (AvgIpc) is 2.18. The van der Waals surface area contributed by atoms with E-state index in [2.05, 4.69) is 6.92 Å². The molecule has 1 rings (SSSR count). The van der Waals surface area contributed by atoms with Crippen molar-refractivity contribution in [1.29, 1.82) is 0 Å². The van der Waals surface area contributed by atoms with Crippen molar-refractivity contribution < 1.29 is 4.92 Å². The SMILES string of the molecule is CCCC(C)c1ccccc1[N+](=O)[O-]. The Bertz CT molecular complexity index is 323. The Labute approximate surface area is 83.9 Å². The van der Waals surface area contributed by atoms with Crippen LogP contribution in [0.15, 0.2) is 24.3 Å². The molecule has 1 aromatic carbocycles. The van der Waals surface area contributed by atoms with Crippen molar-refractivity contribution >= 4 is 5.69 Å². The predicted octanol–water partition coefficient (Wildman–Crippen LogP) is 3.50. The lowest BCUT2D eigenvalue weighted by molar-refractivity contribution is -0.385. The maximum Gasteiger partial charge on any atom is 0.272 e. The normalized spacial score (nSPS) is 12.4. The van der Waals surface area contributed by atoms with Gasteiger partial charge in [-0.25, -0.2) is 0 Å². The van der Waals surface area contributed by atoms with E-state index >= 15 is 0 Å². The fraction of sp³-hybridized carbons (Fsp3) is 0.455. The molecule has 0 aromatic heterocycles. The molecule has 0 aliphatic heterocycles. The van der Waals surface area contributed by atoms with E-state index in [4.69, 9.17) is 0 Å². The predicted molar refractivity (Wildman–Crippen MR) is 56.4 cm³/mol. The summed E-state index contributed by atoms with van der Waals surface area (Å²) in [7, 11) is 0. The number of hydrogen-bond donors (Lipinski definition) is 0. The van der Waals surface area contributed by atoms with Gasteiger partial charge in [0.25, 0.3) is 5.69 Å². The Balaban J connectivity index is 3.00. The minimum Gasteiger partial charge on any atom is -0.258 e. The van der Waals surface area contributed by atoms with Crippen molar-refractivity contribution in [1.82, 2.24) is 0 Å². The van der Waals surface area contributed by atoms with Gasteiger partial charge in [-0.2, -0.15) is 0 Å². The van der Waals surface area contributed by atoms with E-state index in [1.54, 1.807) is 12.1 Å². The monoisotopic (exact) mass is 193 g/mol. The second-order valence-electron chi connectivity index (χ2n) is 3.51. The van der Waals surface area contributed by atoms with Gasteiger partial charge >= 0.3 is 0 Å². The average molecular weight is 193 g/mol. The van der Waals surface area contributed by atoms with Crippen molar-refractivity contribution in [2.75, 3.05) is 0 Å². The van der Waals surface area contributed by atoms with Crippen molar-refractivity contribution in [3.63, 3.8) is 0 Å². The van der Waals surface area contributed by atoms with E-state index in [-0.39, 0.29) is 16.5 Å². The number of nitrogens with zero attached hydrogens (tertiary/aromatic N) is 1. The highest BCUT2D eigenvalue weighted by Gasteiger charge is 2.16. The zero-order chi connectivity index (χ0) is 10.6. The first kappa shape index (κ1) is 10.7. The first-order valence-corrected chi connectivity index (χ1v) is 4.90. The zero-order valence-corrected chi connectivity index (χ0v) is 8.56. The number of nitro groups is 1. The summed E-state index contributed by atoms with van der Waals surface area (Å²) in [5.41, 5.74) is 1.09. The van der Waals surface area contributed by atoms with Gasteiger partial charge in [-0.3, -0.25) is 10.1 Å². The highest BCUT2D eigenvalue weighted by Crippen LogP contribution is 2.28. The standard InChI is InChI=1S/C11H15NO2/c1-3-6-9(2)10-7-4-5-8-11(10)12(13)14/h4-5,7-9H,3,6H2,1-2H3. The second kappa shape index (κ2) is 4.74. The Morgan fingerprint density at radius 1 is 1.43 bits per heavy atom. The van der Waals surface area contributed by atoms with Gasteiger partial charge in [-0.15, -0.1) is 0 Å². The Kier molecular flexibility index (Phi) is 3.63. The van der Waals surface area contributed by atoms with Crippen molar-refractivity contribution in [2.24, 2.45) is 0 Å². The molecule has 1 atom stereocenters. The molecule has 1 unspecified atom stereocenters. The van der Waals surface area contributed by atoms with E-state index in [1.807, 2.05) is 19.1 Å². The van der Waals surface area contributed by atoms with E-state index in [9.17, 15) is 10.1 Å². The van der Waals surface area contributed by atoms with E-state index in [0.717, 1.165) is 18.4 Å². The molecule has 0 saturated carbocycles. The molecular weight excluding hydrogens is 178 g/mol. The molecule has 0 fully saturated rings. The smallest absolute Gasteiger partial charge is 0.258 e. The Morgan fingerprint density at radius 3 is 2.64 bits per heavy atom. The number of benzene rings is 1. The molecule has 0 aliphatic carbocycles. The van der Waals surface area contributed by atoms with Crippen LogP contribution in [0.5, 0.6) is 0 Å². The van der Waals surface area contributed by atoms with Crippen molar-refractivity contribution in [3.8, 4) is 0 Å². The first-order valence-electron chi connectivity index (χ1n) is 4.90. The molecule has 0 radical (unpaired) electrons. The van der Waals surface area contributed by atoms with Gasteiger partial charge in [0.2, 0.25) is 0 Å². The lowest BCUT2D eigenvalue weighted by Gasteiger charge is -2.10. The van der Waals surface area contributed by atoms with Crippen molar-refractivity contribution in [3.05, 3.63) is 39.9 Å². The Hall–Kier alpha value is -1.38. The third-order valence-electron chi connectivity index (χ3n) is 2.39. The van der Waals surface area contributed by atoms with Gasteiger partial charge in [-0.1, -0.05) is 38.5 Å². The molecule has 0 spiro atoms. The van der Waals surface area contributed by atoms with Crippen LogP contribution in [0.2, 0.25) is 0 Å². The fourth-order valence-electron chi connectivity index (χ4n) is 1.66. The number of nitro benzene ring substituents is 1. The molecule has 0 heterocycles. The minimum absolute atomic E-state index is 0.244. The summed E-state index contributed by atoms with van der Waals surface area (Å²) in [4.78, 5) is 10.4. The van der Waals surface area contributed by atoms with Crippen LogP contribution in [-0.2, 0) is 0 Å². The van der Waals surface area contributed by atoms with Gasteiger partial charge in [-0.05, 0) is 12.3 Å². The van der Waals surface area contributed by atoms with Gasteiger partial charge in [0, 0.05) is 11.6 Å². The molecule has 1 aromatic rings. The Morgan fingerprint density at radius 2 is 2.07 bits per heavy atom. The molecule has 0 bridgehead atoms. The van der Waals surface area contributed by atoms with E-state index in [1.165, 1.54) is 0 Å². The fourth-order valence-corrected chi connectivity index (χ4v) is 1.66. The summed E-state index contributed by atoms with van der Waals surface area (Å²) in [6.07, 6.45) is 2.04. The van der Waals surface area contributed by atoms with Crippen LogP contribution in [0, 0.1) is 10.1 Å². The van der Waals surface area contributed by atoms with Crippen LogP contribution >= 0.6 is 0 Å². The lowest BCUT2D eigenvalue weighted by Crippen LogP contribution is -1.99. The van der Waals surface area contributed by atoms with Crippen LogP contribution in [-0.4, -0.2) is 4.92 Å². The first-order chi connectivity index (χ1) is 6.66. The molecular formula is C11H15NO2. The second-order valence-corrected chi connectivity index (χ2v) is 3.51. The van der Waals surface area contributed by atoms with Gasteiger partial charge < -0.3 is 0 Å². The highest BCUT2D eigenvalue weighted by molar-refractivity contribution is 5.41.